The van der Waals surface area contributed by atoms with E-state index in [0.717, 1.165) is 6.42 Å². The van der Waals surface area contributed by atoms with Crippen LogP contribution in [-0.4, -0.2) is 219 Å². The van der Waals surface area contributed by atoms with Crippen LogP contribution >= 0.6 is 0 Å². The minimum absolute atomic E-state index is 0.127. The minimum Gasteiger partial charge on any atom is -0.462 e. The summed E-state index contributed by atoms with van der Waals surface area (Å²) in [6.07, 6.45) is 5.11. The Labute approximate surface area is 709 Å². The molecule has 0 aliphatic carbocycles. The highest BCUT2D eigenvalue weighted by Crippen LogP contribution is 2.43. The SMILES string of the molecule is C=C(C)C(=O)OCCCC[Si]1(C)O[Si](C)(C)O[Si](C)(O[Si](C)(C)O[Si](C)(C)O[Si](C)(C)O[Si]2(C)O[Si](C)(C)O[Si](C)(O[Si](C)(C)O[Si](C)(C)O[Si](C)(C)O[Si]3(C)O[SiH](C(C)CCOC(=O)C(=C)C)O[Si](C)(CCC)O[Si](C)(CCCOC(=O)C(=C)C)O3)O[Si](C)(CCCCOC(=O)C(=C)C)O2)O[Si](C)(CCCCOC(=O)C(=C)C)O1. The van der Waals surface area contributed by atoms with E-state index < -0.39 is 186 Å². The van der Waals surface area contributed by atoms with E-state index >= 15 is 0 Å². The van der Waals surface area contributed by atoms with Crippen LogP contribution in [0.15, 0.2) is 60.8 Å². The maximum atomic E-state index is 12.6. The minimum atomic E-state index is -3.91. The Morgan fingerprint density at radius 2 is 0.565 bits per heavy atom. The van der Waals surface area contributed by atoms with Crippen LogP contribution in [0.4, 0.5) is 0 Å². The highest BCUT2D eigenvalue weighted by Gasteiger charge is 2.65. The zero-order valence-corrected chi connectivity index (χ0v) is 94.0. The molecule has 0 aromatic rings. The molecule has 11 atom stereocenters. The molecule has 0 amide bonds. The number of hydrogen-bond acceptors (Lipinski definition) is 30. The third-order valence-corrected chi connectivity index (χ3v) is 93.7. The van der Waals surface area contributed by atoms with E-state index in [1.165, 1.54) is 0 Å². The molecule has 0 spiro atoms. The molecule has 3 rings (SSSR count). The second-order valence-corrected chi connectivity index (χ2v) is 96.9. The third kappa shape index (κ3) is 40.3. The van der Waals surface area contributed by atoms with Crippen LogP contribution < -0.4 is 0 Å². The van der Waals surface area contributed by atoms with Gasteiger partial charge in [-0.3, -0.25) is 0 Å². The Morgan fingerprint density at radius 1 is 0.313 bits per heavy atom. The van der Waals surface area contributed by atoms with E-state index in [4.69, 9.17) is 106 Å². The fourth-order valence-corrected chi connectivity index (χ4v) is 111. The van der Waals surface area contributed by atoms with Gasteiger partial charge in [0.15, 0.2) is 0 Å². The maximum absolute atomic E-state index is 12.6. The number of unbranched alkanes of at least 4 members (excludes halogenated alkanes) is 3. The van der Waals surface area contributed by atoms with Crippen molar-refractivity contribution in [3.05, 3.63) is 60.8 Å². The average Bonchev–Trinajstić information content (AvgIpc) is 0.771. The largest absolute Gasteiger partial charge is 0.470 e. The molecule has 0 N–H and O–H groups in total. The second-order valence-electron chi connectivity index (χ2n) is 35.3. The Kier molecular flexibility index (Phi) is 40.9. The Bertz CT molecular complexity index is 3360. The first-order valence-electron chi connectivity index (χ1n) is 40.0. The first-order chi connectivity index (χ1) is 51.9. The van der Waals surface area contributed by atoms with E-state index in [1.807, 2.05) is 164 Å². The van der Waals surface area contributed by atoms with E-state index in [9.17, 15) is 24.0 Å². The molecule has 115 heavy (non-hydrogen) atoms. The quantitative estimate of drug-likeness (QED) is 0.0180. The van der Waals surface area contributed by atoms with Gasteiger partial charge in [0, 0.05) is 54.1 Å². The van der Waals surface area contributed by atoms with Gasteiger partial charge in [-0.2, -0.15) is 0 Å². The Hall–Kier alpha value is -0.846. The normalized spacial score (nSPS) is 28.9. The summed E-state index contributed by atoms with van der Waals surface area (Å²) in [6.45, 7) is 80.2. The molecule has 0 aromatic carbocycles. The molecular formula is C67H146O30Si18. The second kappa shape index (κ2) is 43.4. The molecule has 30 nitrogen and oxygen atoms in total. The lowest BCUT2D eigenvalue weighted by Gasteiger charge is -2.51. The Balaban J connectivity index is 2.02. The lowest BCUT2D eigenvalue weighted by atomic mass is 10.3. The zero-order valence-electron chi connectivity index (χ0n) is 75.9. The highest BCUT2D eigenvalue weighted by atomic mass is 28.6. The standard InChI is InChI=1S/C67H146O30Si18/c1-38-52-107(29)78-98(62(12)46-51-77-67(72)61(10)11)79-112(34,94-110(32,92-107)56-45-50-76-66(71)60(8)9)85-101(17,18)80-99(13,14)81-103(21,22)87-114(36)90-106(27,28)91-115(37,97-111(33,96-114)55-44-41-49-75-65(70)59(6)7)88-104(23,24)83-100(15,16)82-102(19,20)86-113(35)89-105(25,26)84-108(30,53-42-39-47-73-63(68)57(2)3)93-109(31,95-113)54-43-40-48-74-64(69)58(4)5/h62,98H,2,4,6,8,10,38-56H2,1,3,5,7,9,11-37H3. The summed E-state index contributed by atoms with van der Waals surface area (Å²) in [6, 6.07) is 2.60. The van der Waals surface area contributed by atoms with E-state index in [2.05, 4.69) is 46.4 Å². The van der Waals surface area contributed by atoms with Crippen molar-refractivity contribution in [1.29, 1.82) is 0 Å². The highest BCUT2D eigenvalue weighted by molar-refractivity contribution is 6.98. The molecule has 3 aliphatic rings. The monoisotopic (exact) mass is 1930 g/mol. The van der Waals surface area contributed by atoms with Crippen molar-refractivity contribution in [2.24, 2.45) is 0 Å². The van der Waals surface area contributed by atoms with Crippen molar-refractivity contribution < 1.29 is 130 Å². The zero-order chi connectivity index (χ0) is 88.5. The van der Waals surface area contributed by atoms with Crippen molar-refractivity contribution in [3.63, 3.8) is 0 Å². The fourth-order valence-electron chi connectivity index (χ4n) is 14.5. The molecule has 11 unspecified atom stereocenters. The van der Waals surface area contributed by atoms with Gasteiger partial charge < -0.3 is 106 Å². The van der Waals surface area contributed by atoms with E-state index in [1.54, 1.807) is 34.6 Å². The van der Waals surface area contributed by atoms with Crippen molar-refractivity contribution >= 4 is 186 Å². The van der Waals surface area contributed by atoms with Crippen LogP contribution in [-0.2, 0) is 130 Å². The topological polar surface area (TPSA) is 316 Å². The molecule has 48 heteroatoms. The van der Waals surface area contributed by atoms with Crippen molar-refractivity contribution in [3.8, 4) is 0 Å². The van der Waals surface area contributed by atoms with Gasteiger partial charge in [-0.05, 0) is 259 Å². The first-order valence-corrected chi connectivity index (χ1v) is 85.7. The maximum Gasteiger partial charge on any atom is 0.470 e. The summed E-state index contributed by atoms with van der Waals surface area (Å²) in [5, 5.41) is 0. The summed E-state index contributed by atoms with van der Waals surface area (Å²) < 4.78 is 173. The van der Waals surface area contributed by atoms with Crippen LogP contribution in [0.1, 0.15) is 106 Å². The summed E-state index contributed by atoms with van der Waals surface area (Å²) in [7, 11) is -61.0. The molecule has 0 saturated carbocycles. The van der Waals surface area contributed by atoms with Crippen molar-refractivity contribution in [2.45, 2.75) is 306 Å². The predicted molar refractivity (Wildman–Crippen MR) is 483 cm³/mol. The number of rotatable bonds is 46. The molecule has 3 fully saturated rings. The van der Waals surface area contributed by atoms with Gasteiger partial charge in [-0.15, -0.1) is 0 Å². The van der Waals surface area contributed by atoms with Gasteiger partial charge in [0.2, 0.25) is 0 Å². The van der Waals surface area contributed by atoms with Gasteiger partial charge >= 0.3 is 186 Å². The van der Waals surface area contributed by atoms with Crippen LogP contribution in [0.3, 0.4) is 0 Å². The van der Waals surface area contributed by atoms with E-state index in [0.29, 0.717) is 109 Å². The molecule has 666 valence electrons. The first kappa shape index (κ1) is 108. The summed E-state index contributed by atoms with van der Waals surface area (Å²) in [5.41, 5.74) is 1.36. The Morgan fingerprint density at radius 3 is 0.878 bits per heavy atom. The van der Waals surface area contributed by atoms with Gasteiger partial charge in [0.25, 0.3) is 0 Å². The van der Waals surface area contributed by atoms with Crippen LogP contribution in [0.2, 0.25) is 199 Å². The predicted octanol–water partition coefficient (Wildman–Crippen LogP) is 16.3. The smallest absolute Gasteiger partial charge is 0.462 e. The summed E-state index contributed by atoms with van der Waals surface area (Å²) >= 11 is 0. The van der Waals surface area contributed by atoms with Gasteiger partial charge in [0.1, 0.15) is 0 Å². The van der Waals surface area contributed by atoms with Gasteiger partial charge in [0.05, 0.1) is 33.0 Å². The molecule has 3 aliphatic heterocycles. The molecular weight excluding hydrogens is 1790 g/mol. The molecule has 0 bridgehead atoms. The molecule has 0 radical (unpaired) electrons. The average molecular weight is 1940 g/mol. The summed E-state index contributed by atoms with van der Waals surface area (Å²) in [4.78, 5) is 62.1. The van der Waals surface area contributed by atoms with Crippen molar-refractivity contribution in [2.75, 3.05) is 33.0 Å². The lowest BCUT2D eigenvalue weighted by Crippen LogP contribution is -2.72. The lowest BCUT2D eigenvalue weighted by molar-refractivity contribution is -0.139. The van der Waals surface area contributed by atoms with Crippen LogP contribution in [0.5, 0.6) is 0 Å². The number of esters is 5. The number of carbonyl (C=O) groups is 5. The van der Waals surface area contributed by atoms with Crippen LogP contribution in [0, 0.1) is 0 Å². The van der Waals surface area contributed by atoms with E-state index in [-0.39, 0.29) is 38.6 Å². The van der Waals surface area contributed by atoms with Crippen molar-refractivity contribution in [1.82, 2.24) is 0 Å². The molecule has 3 saturated heterocycles. The molecule has 0 aromatic heterocycles. The summed E-state index contributed by atoms with van der Waals surface area (Å²) in [5.74, 6) is -2.33. The number of hydrogen-bond donors (Lipinski definition) is 0. The molecule has 3 heterocycles. The number of ether oxygens (including phenoxy) is 5. The van der Waals surface area contributed by atoms with Gasteiger partial charge in [-0.25, -0.2) is 24.0 Å². The van der Waals surface area contributed by atoms with Gasteiger partial charge in [-0.1, -0.05) is 53.2 Å². The number of carbonyl (C=O) groups excluding carboxylic acids is 5. The fraction of sp³-hybridized carbons (Fsp3) is 0.776. The van der Waals surface area contributed by atoms with Crippen LogP contribution in [0.25, 0.3) is 0 Å². The third-order valence-electron chi connectivity index (χ3n) is 17.1.